The molecule has 1 heterocycles. The van der Waals surface area contributed by atoms with Crippen molar-refractivity contribution in [3.05, 3.63) is 70.0 Å². The SMILES string of the molecule is O=c1c(S(=O)(=O)c2ccc(Cl)cc2)c[nH]c2ccccc12. The second-order valence-electron chi connectivity index (χ2n) is 4.48. The standard InChI is InChI=1S/C15H10ClNO3S/c16-10-5-7-11(8-6-10)21(19,20)14-9-17-13-4-2-1-3-12(13)15(14)18/h1-9H,(H,17,18). The van der Waals surface area contributed by atoms with Gasteiger partial charge in [0.25, 0.3) is 0 Å². The number of halogens is 1. The minimum absolute atomic E-state index is 0.0349. The number of nitrogens with one attached hydrogen (secondary N) is 1. The van der Waals surface area contributed by atoms with Crippen molar-refractivity contribution in [1.29, 1.82) is 0 Å². The highest BCUT2D eigenvalue weighted by Gasteiger charge is 2.22. The summed E-state index contributed by atoms with van der Waals surface area (Å²) < 4.78 is 25.1. The number of aromatic nitrogens is 1. The number of aromatic amines is 1. The van der Waals surface area contributed by atoms with Gasteiger partial charge in [0.1, 0.15) is 4.90 Å². The summed E-state index contributed by atoms with van der Waals surface area (Å²) in [5, 5.41) is 0.772. The van der Waals surface area contributed by atoms with Gasteiger partial charge < -0.3 is 4.98 Å². The Morgan fingerprint density at radius 1 is 0.952 bits per heavy atom. The lowest BCUT2D eigenvalue weighted by atomic mass is 10.2. The Hall–Kier alpha value is -2.11. The lowest BCUT2D eigenvalue weighted by molar-refractivity contribution is 0.595. The Kier molecular flexibility index (Phi) is 3.31. The van der Waals surface area contributed by atoms with Crippen molar-refractivity contribution >= 4 is 32.3 Å². The molecule has 4 nitrogen and oxygen atoms in total. The summed E-state index contributed by atoms with van der Waals surface area (Å²) >= 11 is 5.75. The average Bonchev–Trinajstić information content (AvgIpc) is 2.48. The molecule has 6 heteroatoms. The molecule has 106 valence electrons. The van der Waals surface area contributed by atoms with Gasteiger partial charge in [0.05, 0.1) is 4.90 Å². The fourth-order valence-corrected chi connectivity index (χ4v) is 3.53. The van der Waals surface area contributed by atoms with Crippen molar-refractivity contribution < 1.29 is 8.42 Å². The molecule has 0 amide bonds. The maximum atomic E-state index is 12.5. The summed E-state index contributed by atoms with van der Waals surface area (Å²) in [4.78, 5) is 15.0. The monoisotopic (exact) mass is 319 g/mol. The Bertz CT molecular complexity index is 976. The van der Waals surface area contributed by atoms with Gasteiger partial charge >= 0.3 is 0 Å². The summed E-state index contributed by atoms with van der Waals surface area (Å²) in [6.45, 7) is 0. The first-order valence-corrected chi connectivity index (χ1v) is 7.97. The molecule has 0 bridgehead atoms. The molecule has 1 aromatic heterocycles. The van der Waals surface area contributed by atoms with Crippen molar-refractivity contribution in [3.63, 3.8) is 0 Å². The van der Waals surface area contributed by atoms with Gasteiger partial charge in [-0.15, -0.1) is 0 Å². The molecular formula is C15H10ClNO3S. The van der Waals surface area contributed by atoms with E-state index in [-0.39, 0.29) is 9.79 Å². The van der Waals surface area contributed by atoms with Crippen LogP contribution >= 0.6 is 11.6 Å². The number of hydrogen-bond donors (Lipinski definition) is 1. The van der Waals surface area contributed by atoms with Gasteiger partial charge in [0.15, 0.2) is 0 Å². The smallest absolute Gasteiger partial charge is 0.211 e. The van der Waals surface area contributed by atoms with Crippen LogP contribution in [0.3, 0.4) is 0 Å². The normalized spacial score (nSPS) is 11.7. The van der Waals surface area contributed by atoms with Crippen LogP contribution in [0.5, 0.6) is 0 Å². The third kappa shape index (κ3) is 2.34. The van der Waals surface area contributed by atoms with Crippen LogP contribution in [0.2, 0.25) is 5.02 Å². The van der Waals surface area contributed by atoms with Crippen LogP contribution in [0.4, 0.5) is 0 Å². The fourth-order valence-electron chi connectivity index (χ4n) is 2.09. The lowest BCUT2D eigenvalue weighted by Gasteiger charge is -2.05. The number of rotatable bonds is 2. The number of benzene rings is 2. The average molecular weight is 320 g/mol. The summed E-state index contributed by atoms with van der Waals surface area (Å²) in [5.74, 6) is 0. The molecule has 0 spiro atoms. The summed E-state index contributed by atoms with van der Waals surface area (Å²) in [7, 11) is -3.88. The van der Waals surface area contributed by atoms with E-state index in [0.717, 1.165) is 0 Å². The highest BCUT2D eigenvalue weighted by molar-refractivity contribution is 7.91. The first-order chi connectivity index (χ1) is 10.00. The predicted octanol–water partition coefficient (Wildman–Crippen LogP) is 3.01. The van der Waals surface area contributed by atoms with Gasteiger partial charge in [0.2, 0.25) is 15.3 Å². The molecule has 0 saturated heterocycles. The quantitative estimate of drug-likeness (QED) is 0.789. The minimum atomic E-state index is -3.88. The summed E-state index contributed by atoms with van der Waals surface area (Å²) in [6, 6.07) is 12.5. The van der Waals surface area contributed by atoms with E-state index in [1.54, 1.807) is 24.3 Å². The third-order valence-corrected chi connectivity index (χ3v) is 5.19. The lowest BCUT2D eigenvalue weighted by Crippen LogP contribution is -2.16. The van der Waals surface area contributed by atoms with Crippen LogP contribution in [0, 0.1) is 0 Å². The number of para-hydroxylation sites is 1. The van der Waals surface area contributed by atoms with Crippen LogP contribution in [0.1, 0.15) is 0 Å². The molecule has 0 aliphatic heterocycles. The zero-order valence-corrected chi connectivity index (χ0v) is 12.3. The van der Waals surface area contributed by atoms with Gasteiger partial charge in [-0.25, -0.2) is 8.42 Å². The third-order valence-electron chi connectivity index (χ3n) is 3.17. The molecule has 0 unspecified atom stereocenters. The summed E-state index contributed by atoms with van der Waals surface area (Å²) in [5.41, 5.74) is 0.0804. The molecule has 3 aromatic rings. The maximum absolute atomic E-state index is 12.5. The van der Waals surface area contributed by atoms with Crippen LogP contribution in [0.25, 0.3) is 10.9 Å². The maximum Gasteiger partial charge on any atom is 0.211 e. The highest BCUT2D eigenvalue weighted by atomic mass is 35.5. The highest BCUT2D eigenvalue weighted by Crippen LogP contribution is 2.21. The second kappa shape index (κ2) is 5.02. The van der Waals surface area contributed by atoms with Gasteiger partial charge in [0, 0.05) is 22.1 Å². The van der Waals surface area contributed by atoms with E-state index in [0.29, 0.717) is 15.9 Å². The van der Waals surface area contributed by atoms with Gasteiger partial charge in [-0.2, -0.15) is 0 Å². The summed E-state index contributed by atoms with van der Waals surface area (Å²) in [6.07, 6.45) is 1.23. The first-order valence-electron chi connectivity index (χ1n) is 6.11. The molecule has 0 aliphatic rings. The molecule has 0 saturated carbocycles. The van der Waals surface area contributed by atoms with Crippen molar-refractivity contribution in [1.82, 2.24) is 4.98 Å². The largest absolute Gasteiger partial charge is 0.360 e. The van der Waals surface area contributed by atoms with Crippen LogP contribution < -0.4 is 5.43 Å². The molecule has 3 rings (SSSR count). The Morgan fingerprint density at radius 2 is 1.62 bits per heavy atom. The van der Waals surface area contributed by atoms with Crippen LogP contribution in [-0.2, 0) is 9.84 Å². The van der Waals surface area contributed by atoms with E-state index in [2.05, 4.69) is 4.98 Å². The van der Waals surface area contributed by atoms with Crippen molar-refractivity contribution in [2.75, 3.05) is 0 Å². The van der Waals surface area contributed by atoms with E-state index in [1.807, 2.05) is 0 Å². The molecule has 0 radical (unpaired) electrons. The molecule has 0 fully saturated rings. The minimum Gasteiger partial charge on any atom is -0.360 e. The number of pyridine rings is 1. The molecular weight excluding hydrogens is 310 g/mol. The Balaban J connectivity index is 2.27. The molecule has 2 aromatic carbocycles. The van der Waals surface area contributed by atoms with Crippen molar-refractivity contribution in [2.24, 2.45) is 0 Å². The van der Waals surface area contributed by atoms with E-state index in [9.17, 15) is 13.2 Å². The van der Waals surface area contributed by atoms with Gasteiger partial charge in [-0.05, 0) is 36.4 Å². The number of H-pyrrole nitrogens is 1. The number of hydrogen-bond acceptors (Lipinski definition) is 3. The predicted molar refractivity (Wildman–Crippen MR) is 81.5 cm³/mol. The molecule has 0 atom stereocenters. The van der Waals surface area contributed by atoms with Crippen molar-refractivity contribution in [2.45, 2.75) is 9.79 Å². The molecule has 1 N–H and O–H groups in total. The van der Waals surface area contributed by atoms with E-state index >= 15 is 0 Å². The van der Waals surface area contributed by atoms with Crippen LogP contribution in [0.15, 0.2) is 69.3 Å². The van der Waals surface area contributed by atoms with E-state index in [4.69, 9.17) is 11.6 Å². The van der Waals surface area contributed by atoms with E-state index in [1.165, 1.54) is 30.5 Å². The Morgan fingerprint density at radius 3 is 2.33 bits per heavy atom. The Labute approximate surface area is 125 Å². The first kappa shape index (κ1) is 13.9. The number of fused-ring (bicyclic) bond motifs is 1. The molecule has 21 heavy (non-hydrogen) atoms. The van der Waals surface area contributed by atoms with Gasteiger partial charge in [-0.3, -0.25) is 4.79 Å². The molecule has 0 aliphatic carbocycles. The van der Waals surface area contributed by atoms with Crippen molar-refractivity contribution in [3.8, 4) is 0 Å². The van der Waals surface area contributed by atoms with Gasteiger partial charge in [-0.1, -0.05) is 23.7 Å². The van der Waals surface area contributed by atoms with E-state index < -0.39 is 15.3 Å². The fraction of sp³-hybridized carbons (Fsp3) is 0. The number of sulfone groups is 1. The second-order valence-corrected chi connectivity index (χ2v) is 6.84. The zero-order chi connectivity index (χ0) is 15.0. The topological polar surface area (TPSA) is 67.0 Å². The zero-order valence-electron chi connectivity index (χ0n) is 10.7. The van der Waals surface area contributed by atoms with Crippen LogP contribution in [-0.4, -0.2) is 13.4 Å².